The van der Waals surface area contributed by atoms with Crippen molar-refractivity contribution < 1.29 is 9.53 Å². The number of hydrogen-bond donors (Lipinski definition) is 3. The van der Waals surface area contributed by atoms with Gasteiger partial charge in [-0.05, 0) is 19.1 Å². The number of hydrogen-bond acceptors (Lipinski definition) is 5. The minimum atomic E-state index is -0.448. The van der Waals surface area contributed by atoms with E-state index in [1.165, 1.54) is 0 Å². The van der Waals surface area contributed by atoms with E-state index in [0.29, 0.717) is 11.4 Å². The molecular weight excluding hydrogens is 232 g/mol. The van der Waals surface area contributed by atoms with Crippen LogP contribution in [0.4, 0.5) is 5.82 Å². The Kier molecular flexibility index (Phi) is 3.78. The molecule has 1 unspecified atom stereocenters. The van der Waals surface area contributed by atoms with Crippen molar-refractivity contribution in [2.75, 3.05) is 25.5 Å². The summed E-state index contributed by atoms with van der Waals surface area (Å²) >= 11 is 0. The summed E-state index contributed by atoms with van der Waals surface area (Å²) in [5.41, 5.74) is 6.50. The highest BCUT2D eigenvalue weighted by atomic mass is 16.5. The highest BCUT2D eigenvalue weighted by molar-refractivity contribution is 5.93. The van der Waals surface area contributed by atoms with Gasteiger partial charge in [-0.1, -0.05) is 0 Å². The van der Waals surface area contributed by atoms with Gasteiger partial charge in [0, 0.05) is 31.5 Å². The second-order valence-corrected chi connectivity index (χ2v) is 4.43. The highest BCUT2D eigenvalue weighted by Gasteiger charge is 2.27. The van der Waals surface area contributed by atoms with Gasteiger partial charge < -0.3 is 21.1 Å². The van der Waals surface area contributed by atoms with E-state index < -0.39 is 5.91 Å². The maximum absolute atomic E-state index is 11.2. The Balaban J connectivity index is 2.16. The van der Waals surface area contributed by atoms with E-state index in [9.17, 15) is 4.79 Å². The first-order valence-corrected chi connectivity index (χ1v) is 5.88. The smallest absolute Gasteiger partial charge is 0.248 e. The average molecular weight is 250 g/mol. The van der Waals surface area contributed by atoms with Crippen molar-refractivity contribution >= 4 is 11.7 Å². The zero-order valence-corrected chi connectivity index (χ0v) is 10.6. The zero-order valence-electron chi connectivity index (χ0n) is 10.6. The Morgan fingerprint density at radius 1 is 1.56 bits per heavy atom. The van der Waals surface area contributed by atoms with Gasteiger partial charge in [-0.15, -0.1) is 0 Å². The number of ether oxygens (including phenoxy) is 1. The van der Waals surface area contributed by atoms with Crippen LogP contribution in [0.25, 0.3) is 0 Å². The Bertz CT molecular complexity index is 450. The van der Waals surface area contributed by atoms with Crippen LogP contribution in [0.5, 0.6) is 0 Å². The molecular formula is C12H18N4O2. The number of methoxy groups -OCH3 is 1. The van der Waals surface area contributed by atoms with Gasteiger partial charge in [0.2, 0.25) is 5.91 Å². The molecule has 98 valence electrons. The number of nitrogens with two attached hydrogens (primary N) is 1. The molecule has 1 aliphatic heterocycles. The van der Waals surface area contributed by atoms with Crippen LogP contribution in [0.15, 0.2) is 12.1 Å². The van der Waals surface area contributed by atoms with E-state index >= 15 is 0 Å². The molecule has 6 heteroatoms. The van der Waals surface area contributed by atoms with E-state index in [1.807, 2.05) is 6.92 Å². The molecule has 2 atom stereocenters. The van der Waals surface area contributed by atoms with Gasteiger partial charge in [0.25, 0.3) is 0 Å². The fourth-order valence-electron chi connectivity index (χ4n) is 2.12. The molecule has 1 fully saturated rings. The Morgan fingerprint density at radius 2 is 2.33 bits per heavy atom. The molecule has 1 aromatic rings. The summed E-state index contributed by atoms with van der Waals surface area (Å²) < 4.78 is 5.36. The topological polar surface area (TPSA) is 89.3 Å². The summed E-state index contributed by atoms with van der Waals surface area (Å²) in [4.78, 5) is 15.5. The molecule has 0 aromatic carbocycles. The summed E-state index contributed by atoms with van der Waals surface area (Å²) in [5, 5.41) is 6.51. The molecule has 0 aliphatic carbocycles. The zero-order chi connectivity index (χ0) is 13.1. The molecule has 0 saturated carbocycles. The third-order valence-corrected chi connectivity index (χ3v) is 3.03. The van der Waals surface area contributed by atoms with E-state index in [2.05, 4.69) is 15.6 Å². The van der Waals surface area contributed by atoms with Gasteiger partial charge in [0.1, 0.15) is 5.82 Å². The minimum absolute atomic E-state index is 0.101. The first-order chi connectivity index (χ1) is 8.60. The highest BCUT2D eigenvalue weighted by Crippen LogP contribution is 2.14. The van der Waals surface area contributed by atoms with Crippen LogP contribution in [-0.2, 0) is 4.74 Å². The molecule has 2 heterocycles. The monoisotopic (exact) mass is 250 g/mol. The first-order valence-electron chi connectivity index (χ1n) is 5.88. The van der Waals surface area contributed by atoms with Gasteiger partial charge >= 0.3 is 0 Å². The molecule has 0 bridgehead atoms. The van der Waals surface area contributed by atoms with E-state index in [4.69, 9.17) is 10.5 Å². The lowest BCUT2D eigenvalue weighted by atomic mass is 10.2. The number of carbonyl (C=O) groups excluding carboxylic acids is 1. The third kappa shape index (κ3) is 2.77. The summed E-state index contributed by atoms with van der Waals surface area (Å²) in [6, 6.07) is 3.49. The van der Waals surface area contributed by atoms with Gasteiger partial charge in [-0.2, -0.15) is 0 Å². The number of primary amides is 1. The SMILES string of the molecule is CO[C@H]1CNCC1Nc1cc(C(N)=O)cc(C)n1. The first kappa shape index (κ1) is 12.8. The quantitative estimate of drug-likeness (QED) is 0.693. The van der Waals surface area contributed by atoms with Crippen molar-refractivity contribution in [2.24, 2.45) is 5.73 Å². The molecule has 1 aliphatic rings. The van der Waals surface area contributed by atoms with Gasteiger partial charge in [0.15, 0.2) is 0 Å². The Morgan fingerprint density at radius 3 is 3.00 bits per heavy atom. The number of amides is 1. The normalized spacial score (nSPS) is 23.0. The Labute approximate surface area is 106 Å². The largest absolute Gasteiger partial charge is 0.378 e. The van der Waals surface area contributed by atoms with Crippen LogP contribution >= 0.6 is 0 Å². The molecule has 0 spiro atoms. The predicted octanol–water partition coefficient (Wildman–Crippen LogP) is -0.112. The van der Waals surface area contributed by atoms with Crippen LogP contribution in [0.1, 0.15) is 16.1 Å². The average Bonchev–Trinajstić information content (AvgIpc) is 2.75. The number of rotatable bonds is 4. The number of pyridine rings is 1. The predicted molar refractivity (Wildman–Crippen MR) is 68.6 cm³/mol. The fourth-order valence-corrected chi connectivity index (χ4v) is 2.12. The van der Waals surface area contributed by atoms with Crippen LogP contribution in [0.3, 0.4) is 0 Å². The Hall–Kier alpha value is -1.66. The number of aryl methyl sites for hydroxylation is 1. The summed E-state index contributed by atoms with van der Waals surface area (Å²) in [6.07, 6.45) is 0.101. The molecule has 2 rings (SSSR count). The molecule has 18 heavy (non-hydrogen) atoms. The fraction of sp³-hybridized carbons (Fsp3) is 0.500. The molecule has 1 amide bonds. The number of nitrogens with zero attached hydrogens (tertiary/aromatic N) is 1. The molecule has 4 N–H and O–H groups in total. The van der Waals surface area contributed by atoms with Crippen molar-refractivity contribution in [3.63, 3.8) is 0 Å². The summed E-state index contributed by atoms with van der Waals surface area (Å²) in [6.45, 7) is 3.45. The lowest BCUT2D eigenvalue weighted by Crippen LogP contribution is -2.34. The van der Waals surface area contributed by atoms with Crippen molar-refractivity contribution in [3.8, 4) is 0 Å². The van der Waals surface area contributed by atoms with E-state index in [-0.39, 0.29) is 12.1 Å². The van der Waals surface area contributed by atoms with Crippen LogP contribution < -0.4 is 16.4 Å². The van der Waals surface area contributed by atoms with Crippen LogP contribution in [0, 0.1) is 6.92 Å². The van der Waals surface area contributed by atoms with Gasteiger partial charge in [0.05, 0.1) is 12.1 Å². The van der Waals surface area contributed by atoms with Crippen molar-refractivity contribution in [1.82, 2.24) is 10.3 Å². The molecule has 0 radical (unpaired) electrons. The lowest BCUT2D eigenvalue weighted by molar-refractivity contribution is 0.1000. The summed E-state index contributed by atoms with van der Waals surface area (Å²) in [5.74, 6) is 0.205. The summed E-state index contributed by atoms with van der Waals surface area (Å²) in [7, 11) is 1.69. The number of aromatic nitrogens is 1. The maximum atomic E-state index is 11.2. The second-order valence-electron chi connectivity index (χ2n) is 4.43. The van der Waals surface area contributed by atoms with E-state index in [1.54, 1.807) is 19.2 Å². The van der Waals surface area contributed by atoms with E-state index in [0.717, 1.165) is 18.8 Å². The molecule has 1 aromatic heterocycles. The molecule has 1 saturated heterocycles. The molecule has 6 nitrogen and oxygen atoms in total. The van der Waals surface area contributed by atoms with Crippen molar-refractivity contribution in [2.45, 2.75) is 19.1 Å². The maximum Gasteiger partial charge on any atom is 0.248 e. The standard InChI is InChI=1S/C12H18N4O2/c1-7-3-8(12(13)17)4-11(15-7)16-9-5-14-6-10(9)18-2/h3-4,9-10,14H,5-6H2,1-2H3,(H2,13,17)(H,15,16)/t9?,10-/m0/s1. The van der Waals surface area contributed by atoms with Gasteiger partial charge in [-0.25, -0.2) is 4.98 Å². The number of anilines is 1. The van der Waals surface area contributed by atoms with Gasteiger partial charge in [-0.3, -0.25) is 4.79 Å². The van der Waals surface area contributed by atoms with Crippen LogP contribution in [0.2, 0.25) is 0 Å². The van der Waals surface area contributed by atoms with Crippen LogP contribution in [-0.4, -0.2) is 43.2 Å². The lowest BCUT2D eigenvalue weighted by Gasteiger charge is -2.19. The second kappa shape index (κ2) is 5.32. The number of nitrogens with one attached hydrogen (secondary N) is 2. The minimum Gasteiger partial charge on any atom is -0.378 e. The number of carbonyl (C=O) groups is 1. The van der Waals surface area contributed by atoms with Crippen molar-refractivity contribution in [3.05, 3.63) is 23.4 Å². The third-order valence-electron chi connectivity index (χ3n) is 3.03. The van der Waals surface area contributed by atoms with Crippen molar-refractivity contribution in [1.29, 1.82) is 0 Å².